The monoisotopic (exact) mass is 566 g/mol. The third-order valence-electron chi connectivity index (χ3n) is 7.83. The van der Waals surface area contributed by atoms with E-state index < -0.39 is 11.7 Å². The van der Waals surface area contributed by atoms with Gasteiger partial charge in [-0.05, 0) is 65.1 Å². The number of thiazole rings is 1. The van der Waals surface area contributed by atoms with Crippen molar-refractivity contribution in [2.24, 2.45) is 0 Å². The van der Waals surface area contributed by atoms with Crippen molar-refractivity contribution >= 4 is 39.4 Å². The highest BCUT2D eigenvalue weighted by Crippen LogP contribution is 2.30. The lowest BCUT2D eigenvalue weighted by Crippen LogP contribution is -2.51. The molecule has 1 fully saturated rings. The van der Waals surface area contributed by atoms with E-state index >= 15 is 0 Å². The highest BCUT2D eigenvalue weighted by molar-refractivity contribution is 7.15. The van der Waals surface area contributed by atoms with Crippen LogP contribution < -0.4 is 5.73 Å². The number of nitrogens with zero attached hydrogens (tertiary/aromatic N) is 5. The summed E-state index contributed by atoms with van der Waals surface area (Å²) in [6.07, 6.45) is 3.78. The van der Waals surface area contributed by atoms with E-state index in [4.69, 9.17) is 10.5 Å². The van der Waals surface area contributed by atoms with Crippen molar-refractivity contribution in [2.45, 2.75) is 65.0 Å². The Morgan fingerprint density at radius 1 is 1.15 bits per heavy atom. The second-order valence-electron chi connectivity index (χ2n) is 11.9. The number of fused-ring (bicyclic) bond motifs is 2. The molecule has 1 amide bonds. The number of carbonyl (C=O) groups excluding carboxylic acids is 2. The van der Waals surface area contributed by atoms with E-state index in [-0.39, 0.29) is 5.91 Å². The molecule has 2 aromatic heterocycles. The van der Waals surface area contributed by atoms with Crippen molar-refractivity contribution in [1.82, 2.24) is 24.3 Å². The summed E-state index contributed by atoms with van der Waals surface area (Å²) < 4.78 is 7.10. The largest absolute Gasteiger partial charge is 0.443 e. The first-order valence-corrected chi connectivity index (χ1v) is 15.3. The minimum Gasteiger partial charge on any atom is -0.443 e. The van der Waals surface area contributed by atoms with E-state index in [1.807, 2.05) is 56.0 Å². The number of ether oxygens (including phenoxy) is 1. The summed E-state index contributed by atoms with van der Waals surface area (Å²) in [7, 11) is 0. The van der Waals surface area contributed by atoms with Gasteiger partial charge < -0.3 is 15.4 Å². The molecule has 9 nitrogen and oxygen atoms in total. The van der Waals surface area contributed by atoms with Gasteiger partial charge >= 0.3 is 6.09 Å². The van der Waals surface area contributed by atoms with Crippen LogP contribution in [0.5, 0.6) is 0 Å². The number of hydrogen-bond acceptors (Lipinski definition) is 8. The van der Waals surface area contributed by atoms with Crippen LogP contribution >= 0.6 is 11.3 Å². The molecule has 0 saturated carbocycles. The standard InChI is InChI=1S/C30H42N6O3S/c1-5-12-34(22-10-11-23-26(20-22)40-28(31)32-23)16-13-33-14-17-35(18-15-33)27(37)25-19-21-8-6-7-9-24(21)36(25)29(38)39-30(2,3)4/h6-9,19,22H,5,10-18,20H2,1-4H3,(H2,31,32)/t22-/m1/s1. The number of piperazine rings is 1. The van der Waals surface area contributed by atoms with Gasteiger partial charge in [0.2, 0.25) is 0 Å². The van der Waals surface area contributed by atoms with Crippen molar-refractivity contribution in [3.8, 4) is 0 Å². The number of nitrogens with two attached hydrogens (primary N) is 1. The summed E-state index contributed by atoms with van der Waals surface area (Å²) in [6, 6.07) is 9.90. The fourth-order valence-corrected chi connectivity index (χ4v) is 6.83. The molecule has 2 N–H and O–H groups in total. The van der Waals surface area contributed by atoms with Crippen molar-refractivity contribution in [1.29, 1.82) is 0 Å². The fraction of sp³-hybridized carbons (Fsp3) is 0.567. The SMILES string of the molecule is CCCN(CCN1CCN(C(=O)c2cc3ccccc3n2C(=O)OC(C)(C)C)CC1)[C@@H]1CCc2nc(N)sc2C1. The van der Waals surface area contributed by atoms with Crippen LogP contribution in [0.4, 0.5) is 9.93 Å². The topological polar surface area (TPSA) is 96.9 Å². The lowest BCUT2D eigenvalue weighted by Gasteiger charge is -2.38. The normalized spacial score (nSPS) is 18.3. The van der Waals surface area contributed by atoms with Crippen molar-refractivity contribution in [3.05, 3.63) is 46.6 Å². The van der Waals surface area contributed by atoms with Crippen LogP contribution in [0.2, 0.25) is 0 Å². The van der Waals surface area contributed by atoms with Gasteiger partial charge in [0, 0.05) is 55.6 Å². The molecule has 1 saturated heterocycles. The number of amides is 1. The minimum atomic E-state index is -0.659. The van der Waals surface area contributed by atoms with Crippen LogP contribution in [0, 0.1) is 0 Å². The summed E-state index contributed by atoms with van der Waals surface area (Å²) in [5.41, 5.74) is 7.55. The highest BCUT2D eigenvalue weighted by Gasteiger charge is 2.30. The van der Waals surface area contributed by atoms with E-state index in [1.54, 1.807) is 11.3 Å². The molecule has 3 aromatic rings. The van der Waals surface area contributed by atoms with Gasteiger partial charge in [-0.15, -0.1) is 11.3 Å². The predicted molar refractivity (Wildman–Crippen MR) is 160 cm³/mol. The molecule has 3 heterocycles. The molecule has 10 heteroatoms. The number of rotatable bonds is 7. The Morgan fingerprint density at radius 2 is 1.90 bits per heavy atom. The zero-order valence-electron chi connectivity index (χ0n) is 24.2. The minimum absolute atomic E-state index is 0.129. The van der Waals surface area contributed by atoms with E-state index in [1.165, 1.54) is 15.1 Å². The van der Waals surface area contributed by atoms with Crippen molar-refractivity contribution < 1.29 is 14.3 Å². The molecule has 0 spiro atoms. The van der Waals surface area contributed by atoms with Crippen LogP contribution in [0.15, 0.2) is 30.3 Å². The van der Waals surface area contributed by atoms with Gasteiger partial charge in [0.05, 0.1) is 11.2 Å². The fourth-order valence-electron chi connectivity index (χ4n) is 5.88. The van der Waals surface area contributed by atoms with Crippen molar-refractivity contribution in [3.63, 3.8) is 0 Å². The second kappa shape index (κ2) is 11.9. The van der Waals surface area contributed by atoms with Crippen LogP contribution in [0.25, 0.3) is 10.9 Å². The molecule has 0 radical (unpaired) electrons. The zero-order chi connectivity index (χ0) is 28.4. The predicted octanol–water partition coefficient (Wildman–Crippen LogP) is 4.49. The van der Waals surface area contributed by atoms with Gasteiger partial charge in [-0.25, -0.2) is 14.3 Å². The molecular weight excluding hydrogens is 524 g/mol. The third-order valence-corrected chi connectivity index (χ3v) is 8.78. The lowest BCUT2D eigenvalue weighted by molar-refractivity contribution is 0.0500. The molecule has 216 valence electrons. The Kier molecular flexibility index (Phi) is 8.49. The third kappa shape index (κ3) is 6.34. The first kappa shape index (κ1) is 28.6. The number of aromatic nitrogens is 2. The highest BCUT2D eigenvalue weighted by atomic mass is 32.1. The Morgan fingerprint density at radius 3 is 2.62 bits per heavy atom. The second-order valence-corrected chi connectivity index (χ2v) is 13.0. The van der Waals surface area contributed by atoms with Crippen LogP contribution in [0.1, 0.15) is 61.6 Å². The van der Waals surface area contributed by atoms with Crippen LogP contribution in [-0.2, 0) is 17.6 Å². The Bertz CT molecular complexity index is 1350. The molecular formula is C30H42N6O3S. The quantitative estimate of drug-likeness (QED) is 0.450. The maximum absolute atomic E-state index is 13.7. The van der Waals surface area contributed by atoms with Gasteiger partial charge in [-0.1, -0.05) is 25.1 Å². The number of anilines is 1. The number of benzene rings is 1. The number of carbonyl (C=O) groups is 2. The molecule has 1 aliphatic carbocycles. The van der Waals surface area contributed by atoms with Crippen LogP contribution in [0.3, 0.4) is 0 Å². The number of aryl methyl sites for hydroxylation is 1. The van der Waals surface area contributed by atoms with Crippen LogP contribution in [-0.4, -0.2) is 93.7 Å². The number of hydrogen-bond donors (Lipinski definition) is 1. The summed E-state index contributed by atoms with van der Waals surface area (Å²) in [5, 5.41) is 1.54. The van der Waals surface area contributed by atoms with E-state index in [9.17, 15) is 9.59 Å². The van der Waals surface area contributed by atoms with Gasteiger partial charge in [-0.2, -0.15) is 0 Å². The summed E-state index contributed by atoms with van der Waals surface area (Å²) in [5.74, 6) is -0.129. The molecule has 40 heavy (non-hydrogen) atoms. The Hall–Kier alpha value is -2.95. The maximum atomic E-state index is 13.7. The van der Waals surface area contributed by atoms with E-state index in [0.717, 1.165) is 63.8 Å². The van der Waals surface area contributed by atoms with E-state index in [0.29, 0.717) is 35.5 Å². The Balaban J connectivity index is 1.20. The molecule has 1 aliphatic heterocycles. The van der Waals surface area contributed by atoms with Crippen molar-refractivity contribution in [2.75, 3.05) is 51.5 Å². The zero-order valence-corrected chi connectivity index (χ0v) is 25.0. The number of para-hydroxylation sites is 1. The first-order valence-electron chi connectivity index (χ1n) is 14.5. The van der Waals surface area contributed by atoms with Gasteiger partial charge in [-0.3, -0.25) is 14.6 Å². The molecule has 0 unspecified atom stereocenters. The average Bonchev–Trinajstić information content (AvgIpc) is 3.49. The summed E-state index contributed by atoms with van der Waals surface area (Å²) in [6.45, 7) is 13.7. The molecule has 2 aliphatic rings. The lowest BCUT2D eigenvalue weighted by atomic mass is 9.96. The molecule has 1 aromatic carbocycles. The maximum Gasteiger partial charge on any atom is 0.419 e. The Labute approximate surface area is 240 Å². The van der Waals surface area contributed by atoms with Gasteiger partial charge in [0.1, 0.15) is 11.3 Å². The molecule has 1 atom stereocenters. The van der Waals surface area contributed by atoms with E-state index in [2.05, 4.69) is 21.7 Å². The molecule has 5 rings (SSSR count). The molecule has 0 bridgehead atoms. The first-order chi connectivity index (χ1) is 19.1. The number of nitrogen functional groups attached to an aromatic ring is 1. The smallest absolute Gasteiger partial charge is 0.419 e. The summed E-state index contributed by atoms with van der Waals surface area (Å²) in [4.78, 5) is 39.6. The van der Waals surface area contributed by atoms with Gasteiger partial charge in [0.25, 0.3) is 5.91 Å². The van der Waals surface area contributed by atoms with Gasteiger partial charge in [0.15, 0.2) is 5.13 Å². The average molecular weight is 567 g/mol. The summed E-state index contributed by atoms with van der Waals surface area (Å²) >= 11 is 1.64.